The van der Waals surface area contributed by atoms with Crippen molar-refractivity contribution in [3.63, 3.8) is 0 Å². The van der Waals surface area contributed by atoms with Crippen molar-refractivity contribution < 1.29 is 23.5 Å². The molecule has 0 radical (unpaired) electrons. The van der Waals surface area contributed by atoms with Crippen LogP contribution in [0, 0.1) is 0 Å². The van der Waals surface area contributed by atoms with Gasteiger partial charge in [0.05, 0.1) is 12.8 Å². The Morgan fingerprint density at radius 3 is 2.67 bits per heavy atom. The molecule has 7 heteroatoms. The molecule has 24 heavy (non-hydrogen) atoms. The molecule has 0 bridgehead atoms. The molecule has 126 valence electrons. The number of hydrogen-bond acceptors (Lipinski definition) is 5. The van der Waals surface area contributed by atoms with E-state index in [-0.39, 0.29) is 24.8 Å². The molecule has 0 saturated heterocycles. The van der Waals surface area contributed by atoms with Gasteiger partial charge in [0.15, 0.2) is 11.5 Å². The van der Waals surface area contributed by atoms with E-state index in [2.05, 4.69) is 10.6 Å². The maximum atomic E-state index is 11.9. The van der Waals surface area contributed by atoms with Crippen LogP contribution in [-0.2, 0) is 16.0 Å². The lowest BCUT2D eigenvalue weighted by Gasteiger charge is -2.19. The van der Waals surface area contributed by atoms with Gasteiger partial charge in [0.25, 0.3) is 0 Å². The van der Waals surface area contributed by atoms with Crippen molar-refractivity contribution in [3.05, 3.63) is 42.4 Å². The second kappa shape index (κ2) is 7.54. The molecule has 0 fully saturated rings. The lowest BCUT2D eigenvalue weighted by atomic mass is 10.2. The molecular formula is C17H18N2O5. The van der Waals surface area contributed by atoms with E-state index in [0.29, 0.717) is 36.8 Å². The van der Waals surface area contributed by atoms with Crippen molar-refractivity contribution in [2.24, 2.45) is 0 Å². The Labute approximate surface area is 138 Å². The van der Waals surface area contributed by atoms with Gasteiger partial charge in [0, 0.05) is 24.6 Å². The molecule has 1 aliphatic heterocycles. The minimum absolute atomic E-state index is 0.0918. The van der Waals surface area contributed by atoms with Gasteiger partial charge in [-0.2, -0.15) is 0 Å². The van der Waals surface area contributed by atoms with Crippen molar-refractivity contribution >= 4 is 17.5 Å². The first-order valence-corrected chi connectivity index (χ1v) is 7.69. The number of rotatable bonds is 6. The number of carbonyl (C=O) groups is 2. The van der Waals surface area contributed by atoms with Crippen molar-refractivity contribution in [1.29, 1.82) is 0 Å². The summed E-state index contributed by atoms with van der Waals surface area (Å²) in [5, 5.41) is 5.29. The number of benzene rings is 1. The van der Waals surface area contributed by atoms with Gasteiger partial charge in [0.2, 0.25) is 11.8 Å². The predicted octanol–water partition coefficient (Wildman–Crippen LogP) is 1.74. The van der Waals surface area contributed by atoms with E-state index in [1.54, 1.807) is 30.5 Å². The van der Waals surface area contributed by atoms with Gasteiger partial charge in [0.1, 0.15) is 19.0 Å². The lowest BCUT2D eigenvalue weighted by Crippen LogP contribution is -2.33. The second-order valence-electron chi connectivity index (χ2n) is 5.26. The first kappa shape index (κ1) is 15.9. The van der Waals surface area contributed by atoms with Gasteiger partial charge in [-0.3, -0.25) is 9.59 Å². The van der Waals surface area contributed by atoms with E-state index < -0.39 is 0 Å². The van der Waals surface area contributed by atoms with Crippen LogP contribution >= 0.6 is 0 Å². The van der Waals surface area contributed by atoms with Crippen LogP contribution in [0.25, 0.3) is 0 Å². The van der Waals surface area contributed by atoms with Crippen LogP contribution < -0.4 is 20.1 Å². The summed E-state index contributed by atoms with van der Waals surface area (Å²) in [5.74, 6) is 1.49. The van der Waals surface area contributed by atoms with Crippen LogP contribution in [0.1, 0.15) is 12.2 Å². The highest BCUT2D eigenvalue weighted by molar-refractivity contribution is 5.94. The van der Waals surface area contributed by atoms with Crippen LogP contribution in [0.15, 0.2) is 41.0 Å². The Hall–Kier alpha value is -2.96. The van der Waals surface area contributed by atoms with E-state index in [9.17, 15) is 9.59 Å². The van der Waals surface area contributed by atoms with E-state index in [4.69, 9.17) is 13.9 Å². The fourth-order valence-corrected chi connectivity index (χ4v) is 2.29. The number of ether oxygens (including phenoxy) is 2. The minimum atomic E-state index is -0.307. The highest BCUT2D eigenvalue weighted by atomic mass is 16.6. The van der Waals surface area contributed by atoms with E-state index in [1.165, 1.54) is 0 Å². The number of hydrogen-bond donors (Lipinski definition) is 2. The summed E-state index contributed by atoms with van der Waals surface area (Å²) < 4.78 is 16.0. The Morgan fingerprint density at radius 1 is 1.04 bits per heavy atom. The average molecular weight is 330 g/mol. The largest absolute Gasteiger partial charge is 0.486 e. The minimum Gasteiger partial charge on any atom is -0.486 e. The molecule has 0 aliphatic carbocycles. The van der Waals surface area contributed by atoms with Crippen LogP contribution in [0.3, 0.4) is 0 Å². The van der Waals surface area contributed by atoms with Gasteiger partial charge in [-0.05, 0) is 24.3 Å². The molecule has 0 atom stereocenters. The van der Waals surface area contributed by atoms with Crippen molar-refractivity contribution in [2.45, 2.75) is 12.8 Å². The summed E-state index contributed by atoms with van der Waals surface area (Å²) in [4.78, 5) is 23.6. The van der Waals surface area contributed by atoms with E-state index in [1.807, 2.05) is 6.07 Å². The zero-order valence-electron chi connectivity index (χ0n) is 13.0. The van der Waals surface area contributed by atoms with Gasteiger partial charge < -0.3 is 24.5 Å². The zero-order chi connectivity index (χ0) is 16.8. The van der Waals surface area contributed by atoms with Gasteiger partial charge in [-0.1, -0.05) is 0 Å². The Kier molecular flexibility index (Phi) is 5.00. The molecule has 3 rings (SSSR count). The van der Waals surface area contributed by atoms with Gasteiger partial charge >= 0.3 is 0 Å². The maximum absolute atomic E-state index is 11.9. The average Bonchev–Trinajstić information content (AvgIpc) is 3.11. The lowest BCUT2D eigenvalue weighted by molar-refractivity contribution is -0.124. The molecule has 2 aromatic rings. The summed E-state index contributed by atoms with van der Waals surface area (Å²) in [6.45, 7) is 0.907. The van der Waals surface area contributed by atoms with Gasteiger partial charge in [-0.15, -0.1) is 0 Å². The number of carbonyl (C=O) groups excluding carboxylic acids is 2. The molecule has 2 heterocycles. The number of anilines is 1. The third-order valence-corrected chi connectivity index (χ3v) is 3.45. The normalized spacial score (nSPS) is 12.5. The van der Waals surface area contributed by atoms with E-state index in [0.717, 1.165) is 5.76 Å². The molecule has 0 unspecified atom stereocenters. The quantitative estimate of drug-likeness (QED) is 0.842. The predicted molar refractivity (Wildman–Crippen MR) is 86.1 cm³/mol. The Morgan fingerprint density at radius 2 is 1.88 bits per heavy atom. The van der Waals surface area contributed by atoms with Crippen molar-refractivity contribution in [1.82, 2.24) is 5.32 Å². The third-order valence-electron chi connectivity index (χ3n) is 3.45. The van der Waals surface area contributed by atoms with Crippen molar-refractivity contribution in [3.8, 4) is 11.5 Å². The summed E-state index contributed by atoms with van der Waals surface area (Å²) in [5.41, 5.74) is 0.592. The summed E-state index contributed by atoms with van der Waals surface area (Å²) in [6.07, 6.45) is 2.33. The van der Waals surface area contributed by atoms with Crippen LogP contribution in [0.4, 0.5) is 5.69 Å². The zero-order valence-corrected chi connectivity index (χ0v) is 13.0. The molecule has 1 aliphatic rings. The molecule has 2 N–H and O–H groups in total. The first-order valence-electron chi connectivity index (χ1n) is 7.69. The van der Waals surface area contributed by atoms with Gasteiger partial charge in [-0.25, -0.2) is 0 Å². The molecule has 1 aromatic carbocycles. The summed E-state index contributed by atoms with van der Waals surface area (Å²) in [6, 6.07) is 8.75. The molecule has 0 saturated carbocycles. The van der Waals surface area contributed by atoms with Crippen molar-refractivity contribution in [2.75, 3.05) is 25.1 Å². The Balaban J connectivity index is 1.43. The molecule has 2 amide bonds. The smallest absolute Gasteiger partial charge is 0.243 e. The number of fused-ring (bicyclic) bond motifs is 1. The van der Waals surface area contributed by atoms with E-state index >= 15 is 0 Å². The maximum Gasteiger partial charge on any atom is 0.243 e. The number of aryl methyl sites for hydroxylation is 1. The highest BCUT2D eigenvalue weighted by Gasteiger charge is 2.13. The van der Waals surface area contributed by atoms with Crippen LogP contribution in [-0.4, -0.2) is 31.6 Å². The monoisotopic (exact) mass is 330 g/mol. The standard InChI is InChI=1S/C17H18N2O5/c20-16(6-4-13-2-1-7-22-13)18-11-17(21)19-12-3-5-14-15(10-12)24-9-8-23-14/h1-3,5,7,10H,4,6,8-9,11H2,(H,18,20)(H,19,21). The Bertz CT molecular complexity index is 712. The molecule has 7 nitrogen and oxygen atoms in total. The number of nitrogens with one attached hydrogen (secondary N) is 2. The van der Waals surface area contributed by atoms with Crippen LogP contribution in [0.2, 0.25) is 0 Å². The first-order chi connectivity index (χ1) is 11.7. The topological polar surface area (TPSA) is 89.8 Å². The third kappa shape index (κ3) is 4.28. The number of furan rings is 1. The fourth-order valence-electron chi connectivity index (χ4n) is 2.29. The summed E-state index contributed by atoms with van der Waals surface area (Å²) >= 11 is 0. The molecule has 0 spiro atoms. The highest BCUT2D eigenvalue weighted by Crippen LogP contribution is 2.32. The number of amides is 2. The fraction of sp³-hybridized carbons (Fsp3) is 0.294. The summed E-state index contributed by atoms with van der Waals surface area (Å²) in [7, 11) is 0. The molecular weight excluding hydrogens is 312 g/mol. The molecule has 1 aromatic heterocycles. The SMILES string of the molecule is O=C(CCc1ccco1)NCC(=O)Nc1ccc2c(c1)OCCO2. The second-order valence-corrected chi connectivity index (χ2v) is 5.26. The van der Waals surface area contributed by atoms with Crippen LogP contribution in [0.5, 0.6) is 11.5 Å².